The van der Waals surface area contributed by atoms with Gasteiger partial charge in [-0.25, -0.2) is 14.2 Å². The van der Waals surface area contributed by atoms with Gasteiger partial charge in [0.15, 0.2) is 0 Å². The highest BCUT2D eigenvalue weighted by Gasteiger charge is 2.19. The number of carbonyl (C=O) groups is 1. The molecule has 0 spiro atoms. The highest BCUT2D eigenvalue weighted by atomic mass is 19.1. The Kier molecular flexibility index (Phi) is 3.56. The zero-order valence-electron chi connectivity index (χ0n) is 9.91. The number of carboxylic acid groups (broad SMARTS) is 1. The molecule has 2 aromatic rings. The third-order valence-electron chi connectivity index (χ3n) is 2.42. The Morgan fingerprint density at radius 3 is 2.55 bits per heavy atom. The van der Waals surface area contributed by atoms with Crippen molar-refractivity contribution < 1.29 is 19.2 Å². The maximum Gasteiger partial charge on any atom is 0.337 e. The highest BCUT2D eigenvalue weighted by Crippen LogP contribution is 2.26. The maximum atomic E-state index is 12.8. The molecule has 0 atom stereocenters. The molecular weight excluding hydrogens is 269 g/mol. The van der Waals surface area contributed by atoms with Gasteiger partial charge in [-0.3, -0.25) is 10.1 Å². The summed E-state index contributed by atoms with van der Waals surface area (Å²) in [7, 11) is 0. The first-order chi connectivity index (χ1) is 9.47. The van der Waals surface area contributed by atoms with Crippen LogP contribution in [0.25, 0.3) is 0 Å². The lowest BCUT2D eigenvalue weighted by molar-refractivity contribution is -0.384. The molecule has 1 heterocycles. The third-order valence-corrected chi connectivity index (χ3v) is 2.42. The molecule has 0 radical (unpaired) electrons. The van der Waals surface area contributed by atoms with Crippen molar-refractivity contribution in [3.8, 4) is 0 Å². The lowest BCUT2D eigenvalue weighted by Gasteiger charge is -2.06. The number of benzene rings is 1. The van der Waals surface area contributed by atoms with Crippen molar-refractivity contribution in [3.05, 3.63) is 58.0 Å². The smallest absolute Gasteiger partial charge is 0.337 e. The lowest BCUT2D eigenvalue weighted by Crippen LogP contribution is -2.04. The number of nitrogens with zero attached hydrogens (tertiary/aromatic N) is 2. The van der Waals surface area contributed by atoms with Gasteiger partial charge in [0.1, 0.15) is 5.82 Å². The Bertz CT molecular complexity index is 673. The molecule has 0 aliphatic carbocycles. The molecule has 0 unspecified atom stereocenters. The van der Waals surface area contributed by atoms with E-state index < -0.39 is 22.4 Å². The Labute approximate surface area is 111 Å². The van der Waals surface area contributed by atoms with Gasteiger partial charge in [0, 0.05) is 18.0 Å². The van der Waals surface area contributed by atoms with Crippen LogP contribution in [0.2, 0.25) is 0 Å². The van der Waals surface area contributed by atoms with Gasteiger partial charge in [-0.1, -0.05) is 0 Å². The molecule has 0 saturated carbocycles. The van der Waals surface area contributed by atoms with Crippen LogP contribution in [0, 0.1) is 15.9 Å². The predicted molar refractivity (Wildman–Crippen MR) is 67.5 cm³/mol. The molecule has 0 amide bonds. The minimum Gasteiger partial charge on any atom is -0.478 e. The van der Waals surface area contributed by atoms with Crippen molar-refractivity contribution in [2.24, 2.45) is 0 Å². The van der Waals surface area contributed by atoms with Crippen molar-refractivity contribution in [3.63, 3.8) is 0 Å². The quantitative estimate of drug-likeness (QED) is 0.657. The van der Waals surface area contributed by atoms with Crippen molar-refractivity contribution in [2.45, 2.75) is 0 Å². The van der Waals surface area contributed by atoms with Crippen molar-refractivity contribution in [2.75, 3.05) is 5.32 Å². The molecule has 8 heteroatoms. The van der Waals surface area contributed by atoms with E-state index in [0.717, 1.165) is 12.3 Å². The van der Waals surface area contributed by atoms with Gasteiger partial charge in [-0.2, -0.15) is 0 Å². The molecule has 102 valence electrons. The number of hydrogen-bond acceptors (Lipinski definition) is 5. The first-order valence-corrected chi connectivity index (χ1v) is 5.37. The second-order valence-corrected chi connectivity index (χ2v) is 3.79. The van der Waals surface area contributed by atoms with Crippen LogP contribution in [-0.2, 0) is 0 Å². The van der Waals surface area contributed by atoms with Gasteiger partial charge in [-0.05, 0) is 24.3 Å². The molecule has 7 nitrogen and oxygen atoms in total. The van der Waals surface area contributed by atoms with E-state index in [-0.39, 0.29) is 11.4 Å². The van der Waals surface area contributed by atoms with E-state index in [2.05, 4.69) is 10.3 Å². The van der Waals surface area contributed by atoms with E-state index in [0.29, 0.717) is 5.69 Å². The minimum atomic E-state index is -1.31. The molecule has 2 N–H and O–H groups in total. The molecule has 0 bridgehead atoms. The van der Waals surface area contributed by atoms with Crippen LogP contribution in [0.15, 0.2) is 36.5 Å². The summed E-state index contributed by atoms with van der Waals surface area (Å²) in [5, 5.41) is 22.3. The number of carboxylic acids is 1. The highest BCUT2D eigenvalue weighted by molar-refractivity contribution is 5.89. The van der Waals surface area contributed by atoms with Crippen molar-refractivity contribution in [1.82, 2.24) is 4.98 Å². The standard InChI is InChI=1S/C12H8FN3O4/c13-8-1-3-9(4-2-8)15-11-10(16(19)20)5-7(6-14-11)12(17)18/h1-6H,(H,14,15)(H,17,18). The van der Waals surface area contributed by atoms with E-state index >= 15 is 0 Å². The fourth-order valence-corrected chi connectivity index (χ4v) is 1.48. The number of hydrogen-bond donors (Lipinski definition) is 2. The zero-order valence-corrected chi connectivity index (χ0v) is 9.91. The monoisotopic (exact) mass is 277 g/mol. The van der Waals surface area contributed by atoms with Crippen LogP contribution in [0.5, 0.6) is 0 Å². The summed E-state index contributed by atoms with van der Waals surface area (Å²) in [6.45, 7) is 0. The van der Waals surface area contributed by atoms with Crippen LogP contribution in [0.3, 0.4) is 0 Å². The predicted octanol–water partition coefficient (Wildman–Crippen LogP) is 2.57. The number of anilines is 2. The van der Waals surface area contributed by atoms with E-state index in [1.165, 1.54) is 24.3 Å². The Morgan fingerprint density at radius 1 is 1.35 bits per heavy atom. The summed E-state index contributed by atoms with van der Waals surface area (Å²) in [6.07, 6.45) is 1.00. The number of pyridine rings is 1. The zero-order chi connectivity index (χ0) is 14.7. The SMILES string of the molecule is O=C(O)c1cnc(Nc2ccc(F)cc2)c([N+](=O)[O-])c1. The molecule has 0 saturated heterocycles. The number of rotatable bonds is 4. The molecule has 2 rings (SSSR count). The first kappa shape index (κ1) is 13.4. The minimum absolute atomic E-state index is 0.119. The average molecular weight is 277 g/mol. The molecule has 1 aromatic carbocycles. The first-order valence-electron chi connectivity index (χ1n) is 5.37. The second-order valence-electron chi connectivity index (χ2n) is 3.79. The molecule has 0 aliphatic heterocycles. The number of nitrogens with one attached hydrogen (secondary N) is 1. The van der Waals surface area contributed by atoms with Gasteiger partial charge in [0.25, 0.3) is 0 Å². The van der Waals surface area contributed by atoms with Crippen LogP contribution in [-0.4, -0.2) is 21.0 Å². The number of aromatic carboxylic acids is 1. The van der Waals surface area contributed by atoms with Crippen molar-refractivity contribution >= 4 is 23.2 Å². The van der Waals surface area contributed by atoms with Crippen LogP contribution >= 0.6 is 0 Å². The Morgan fingerprint density at radius 2 is 2.00 bits per heavy atom. The Balaban J connectivity index is 2.38. The van der Waals surface area contributed by atoms with Gasteiger partial charge in [-0.15, -0.1) is 0 Å². The maximum absolute atomic E-state index is 12.8. The van der Waals surface area contributed by atoms with Gasteiger partial charge in [0.05, 0.1) is 10.5 Å². The molecular formula is C12H8FN3O4. The number of halogens is 1. The van der Waals surface area contributed by atoms with Gasteiger partial charge in [0.2, 0.25) is 5.82 Å². The van der Waals surface area contributed by atoms with Crippen LogP contribution in [0.4, 0.5) is 21.6 Å². The summed E-state index contributed by atoms with van der Waals surface area (Å²) >= 11 is 0. The van der Waals surface area contributed by atoms with E-state index in [1.54, 1.807) is 0 Å². The topological polar surface area (TPSA) is 105 Å². The second kappa shape index (κ2) is 5.31. The summed E-state index contributed by atoms with van der Waals surface area (Å²) in [5.74, 6) is -1.88. The summed E-state index contributed by atoms with van der Waals surface area (Å²) in [5.41, 5.74) is -0.374. The average Bonchev–Trinajstić information content (AvgIpc) is 2.41. The fourth-order valence-electron chi connectivity index (χ4n) is 1.48. The summed E-state index contributed by atoms with van der Waals surface area (Å²) in [6, 6.07) is 6.03. The largest absolute Gasteiger partial charge is 0.478 e. The van der Waals surface area contributed by atoms with E-state index in [4.69, 9.17) is 5.11 Å². The molecule has 0 aliphatic rings. The van der Waals surface area contributed by atoms with E-state index in [1.807, 2.05) is 0 Å². The Hall–Kier alpha value is -3.03. The number of aromatic nitrogens is 1. The van der Waals surface area contributed by atoms with Gasteiger partial charge < -0.3 is 10.4 Å². The van der Waals surface area contributed by atoms with Crippen LogP contribution < -0.4 is 5.32 Å². The van der Waals surface area contributed by atoms with Crippen LogP contribution in [0.1, 0.15) is 10.4 Å². The summed E-state index contributed by atoms with van der Waals surface area (Å²) in [4.78, 5) is 24.6. The lowest BCUT2D eigenvalue weighted by atomic mass is 10.2. The number of nitro groups is 1. The normalized spacial score (nSPS) is 10.1. The summed E-state index contributed by atoms with van der Waals surface area (Å²) < 4.78 is 12.8. The molecule has 0 fully saturated rings. The molecule has 20 heavy (non-hydrogen) atoms. The van der Waals surface area contributed by atoms with E-state index in [9.17, 15) is 19.3 Å². The molecule has 1 aromatic heterocycles. The van der Waals surface area contributed by atoms with Crippen molar-refractivity contribution in [1.29, 1.82) is 0 Å². The third kappa shape index (κ3) is 2.86. The van der Waals surface area contributed by atoms with Gasteiger partial charge >= 0.3 is 11.7 Å². The fraction of sp³-hybridized carbons (Fsp3) is 0.